The normalized spacial score (nSPS) is 13.8. The molecule has 3 N–H and O–H groups in total. The zero-order valence-electron chi connectivity index (χ0n) is 10.4. The Balaban J connectivity index is 2.30. The average Bonchev–Trinajstić information content (AvgIpc) is 3.13. The molecule has 1 aliphatic rings. The molecule has 7 nitrogen and oxygen atoms in total. The molecule has 1 fully saturated rings. The lowest BCUT2D eigenvalue weighted by Crippen LogP contribution is -2.43. The molecule has 1 aliphatic carbocycles. The van der Waals surface area contributed by atoms with E-state index in [2.05, 4.69) is 10.6 Å². The molecule has 102 valence electrons. The van der Waals surface area contributed by atoms with Crippen molar-refractivity contribution in [2.45, 2.75) is 31.7 Å². The lowest BCUT2D eigenvalue weighted by Gasteiger charge is -2.21. The Morgan fingerprint density at radius 3 is 2.44 bits per heavy atom. The van der Waals surface area contributed by atoms with Gasteiger partial charge in [-0.2, -0.15) is 0 Å². The minimum Gasteiger partial charge on any atom is -0.481 e. The maximum Gasteiger partial charge on any atom is 0.317 e. The summed E-state index contributed by atoms with van der Waals surface area (Å²) >= 11 is 0. The van der Waals surface area contributed by atoms with E-state index in [1.807, 2.05) is 0 Å². The Morgan fingerprint density at radius 2 is 1.94 bits per heavy atom. The van der Waals surface area contributed by atoms with Gasteiger partial charge >= 0.3 is 12.0 Å². The molecule has 0 aromatic heterocycles. The third kappa shape index (κ3) is 5.03. The zero-order chi connectivity index (χ0) is 13.5. The summed E-state index contributed by atoms with van der Waals surface area (Å²) < 4.78 is 0. The van der Waals surface area contributed by atoms with E-state index in [0.29, 0.717) is 0 Å². The van der Waals surface area contributed by atoms with Crippen LogP contribution in [0, 0.1) is 0 Å². The Bertz CT molecular complexity index is 328. The molecule has 18 heavy (non-hydrogen) atoms. The van der Waals surface area contributed by atoms with Crippen molar-refractivity contribution in [2.75, 3.05) is 20.1 Å². The molecule has 0 radical (unpaired) electrons. The van der Waals surface area contributed by atoms with Crippen LogP contribution in [0.25, 0.3) is 0 Å². The van der Waals surface area contributed by atoms with E-state index >= 15 is 0 Å². The van der Waals surface area contributed by atoms with Crippen LogP contribution < -0.4 is 10.6 Å². The largest absolute Gasteiger partial charge is 0.481 e. The third-order valence-corrected chi connectivity index (χ3v) is 2.72. The highest BCUT2D eigenvalue weighted by Crippen LogP contribution is 2.26. The lowest BCUT2D eigenvalue weighted by molar-refractivity contribution is -0.137. The highest BCUT2D eigenvalue weighted by Gasteiger charge is 2.32. The summed E-state index contributed by atoms with van der Waals surface area (Å²) in [4.78, 5) is 34.8. The van der Waals surface area contributed by atoms with E-state index in [1.54, 1.807) is 0 Å². The van der Waals surface area contributed by atoms with E-state index < -0.39 is 5.97 Å². The van der Waals surface area contributed by atoms with Crippen molar-refractivity contribution < 1.29 is 19.5 Å². The fourth-order valence-corrected chi connectivity index (χ4v) is 1.56. The van der Waals surface area contributed by atoms with Crippen LogP contribution in [0.3, 0.4) is 0 Å². The predicted octanol–water partition coefficient (Wildman–Crippen LogP) is -0.229. The topological polar surface area (TPSA) is 98.7 Å². The number of aliphatic carboxylic acids is 1. The molecule has 1 saturated carbocycles. The Kier molecular flexibility index (Phi) is 5.41. The maximum absolute atomic E-state index is 11.8. The molecule has 0 heterocycles. The number of hydrogen-bond acceptors (Lipinski definition) is 3. The van der Waals surface area contributed by atoms with E-state index in [9.17, 15) is 14.4 Å². The first-order valence-electron chi connectivity index (χ1n) is 6.01. The fraction of sp³-hybridized carbons (Fsp3) is 0.727. The monoisotopic (exact) mass is 257 g/mol. The first kappa shape index (κ1) is 14.3. The van der Waals surface area contributed by atoms with Crippen molar-refractivity contribution in [3.05, 3.63) is 0 Å². The summed E-state index contributed by atoms with van der Waals surface area (Å²) in [7, 11) is 1.54. The number of nitrogens with zero attached hydrogens (tertiary/aromatic N) is 1. The van der Waals surface area contributed by atoms with E-state index in [-0.39, 0.29) is 43.9 Å². The molecule has 0 aliphatic heterocycles. The summed E-state index contributed by atoms with van der Waals surface area (Å²) in [6.45, 7) is 0.473. The minimum atomic E-state index is -0.918. The van der Waals surface area contributed by atoms with Crippen LogP contribution in [0.1, 0.15) is 25.7 Å². The Hall–Kier alpha value is -1.79. The van der Waals surface area contributed by atoms with E-state index in [4.69, 9.17) is 5.11 Å². The number of rotatable bonds is 7. The molecule has 7 heteroatoms. The Morgan fingerprint density at radius 1 is 1.28 bits per heavy atom. The van der Waals surface area contributed by atoms with Gasteiger partial charge in [0.1, 0.15) is 0 Å². The second-order valence-corrected chi connectivity index (χ2v) is 4.22. The van der Waals surface area contributed by atoms with Crippen LogP contribution >= 0.6 is 0 Å². The quantitative estimate of drug-likeness (QED) is 0.586. The van der Waals surface area contributed by atoms with Crippen molar-refractivity contribution in [2.24, 2.45) is 0 Å². The van der Waals surface area contributed by atoms with Gasteiger partial charge in [0, 0.05) is 32.6 Å². The standard InChI is InChI=1S/C11H19N3O4/c1-12-9(15)4-6-13-11(18)14(8-2-3-8)7-5-10(16)17/h8H,2-7H2,1H3,(H,12,15)(H,13,18)(H,16,17). The number of carboxylic acid groups (broad SMARTS) is 1. The molecule has 1 rings (SSSR count). The highest BCUT2D eigenvalue weighted by molar-refractivity contribution is 5.78. The lowest BCUT2D eigenvalue weighted by atomic mass is 10.3. The van der Waals surface area contributed by atoms with Gasteiger partial charge in [-0.05, 0) is 12.8 Å². The van der Waals surface area contributed by atoms with Crippen molar-refractivity contribution >= 4 is 17.9 Å². The van der Waals surface area contributed by atoms with Crippen molar-refractivity contribution in [3.8, 4) is 0 Å². The molecule has 0 bridgehead atoms. The van der Waals surface area contributed by atoms with Gasteiger partial charge in [0.25, 0.3) is 0 Å². The smallest absolute Gasteiger partial charge is 0.317 e. The summed E-state index contributed by atoms with van der Waals surface area (Å²) in [6, 6.07) is -0.132. The number of hydrogen-bond donors (Lipinski definition) is 3. The van der Waals surface area contributed by atoms with Gasteiger partial charge in [-0.15, -0.1) is 0 Å². The Labute approximate surface area is 106 Å². The van der Waals surface area contributed by atoms with Crippen LogP contribution in [0.15, 0.2) is 0 Å². The van der Waals surface area contributed by atoms with Crippen LogP contribution in [-0.4, -0.2) is 54.1 Å². The highest BCUT2D eigenvalue weighted by atomic mass is 16.4. The first-order chi connectivity index (χ1) is 8.54. The number of nitrogens with one attached hydrogen (secondary N) is 2. The first-order valence-corrected chi connectivity index (χ1v) is 6.01. The second kappa shape index (κ2) is 6.83. The number of amides is 3. The summed E-state index contributed by atoms with van der Waals surface area (Å²) in [5.41, 5.74) is 0. The zero-order valence-corrected chi connectivity index (χ0v) is 10.4. The van der Waals surface area contributed by atoms with Gasteiger partial charge < -0.3 is 20.6 Å². The molecule has 0 spiro atoms. The molecule has 0 aromatic carbocycles. The fourth-order valence-electron chi connectivity index (χ4n) is 1.56. The summed E-state index contributed by atoms with van der Waals surface area (Å²) in [6.07, 6.45) is 2.00. The van der Waals surface area contributed by atoms with Crippen LogP contribution in [0.5, 0.6) is 0 Å². The number of urea groups is 1. The average molecular weight is 257 g/mol. The third-order valence-electron chi connectivity index (χ3n) is 2.72. The van der Waals surface area contributed by atoms with Crippen LogP contribution in [0.2, 0.25) is 0 Å². The van der Waals surface area contributed by atoms with E-state index in [1.165, 1.54) is 11.9 Å². The van der Waals surface area contributed by atoms with Crippen molar-refractivity contribution in [1.29, 1.82) is 0 Å². The molecular formula is C11H19N3O4. The molecular weight excluding hydrogens is 238 g/mol. The molecule has 3 amide bonds. The number of carboxylic acids is 1. The number of carbonyl (C=O) groups is 3. The van der Waals surface area contributed by atoms with Crippen LogP contribution in [-0.2, 0) is 9.59 Å². The summed E-state index contributed by atoms with van der Waals surface area (Å²) in [5.74, 6) is -1.06. The molecule has 0 unspecified atom stereocenters. The van der Waals surface area contributed by atoms with Gasteiger partial charge in [-0.1, -0.05) is 0 Å². The SMILES string of the molecule is CNC(=O)CCNC(=O)N(CCC(=O)O)C1CC1. The van der Waals surface area contributed by atoms with Gasteiger partial charge in [0.15, 0.2) is 0 Å². The second-order valence-electron chi connectivity index (χ2n) is 4.22. The van der Waals surface area contributed by atoms with Crippen molar-refractivity contribution in [1.82, 2.24) is 15.5 Å². The van der Waals surface area contributed by atoms with E-state index in [0.717, 1.165) is 12.8 Å². The van der Waals surface area contributed by atoms with Gasteiger partial charge in [0.2, 0.25) is 5.91 Å². The van der Waals surface area contributed by atoms with Gasteiger partial charge in [-0.25, -0.2) is 4.79 Å². The molecule has 0 atom stereocenters. The molecule has 0 aromatic rings. The van der Waals surface area contributed by atoms with Gasteiger partial charge in [0.05, 0.1) is 6.42 Å². The predicted molar refractivity (Wildman–Crippen MR) is 64.1 cm³/mol. The van der Waals surface area contributed by atoms with Crippen LogP contribution in [0.4, 0.5) is 4.79 Å². The molecule has 0 saturated heterocycles. The van der Waals surface area contributed by atoms with Crippen molar-refractivity contribution in [3.63, 3.8) is 0 Å². The van der Waals surface area contributed by atoms with Gasteiger partial charge in [-0.3, -0.25) is 9.59 Å². The maximum atomic E-state index is 11.8. The minimum absolute atomic E-state index is 0.0562. The number of carbonyl (C=O) groups excluding carboxylic acids is 2. The summed E-state index contributed by atoms with van der Waals surface area (Å²) in [5, 5.41) is 13.7.